The maximum absolute atomic E-state index is 11.8. The number of carbonyl (C=O) groups is 1. The van der Waals surface area contributed by atoms with Gasteiger partial charge in [0, 0.05) is 36.9 Å². The molecule has 0 aliphatic carbocycles. The van der Waals surface area contributed by atoms with Crippen LogP contribution in [0.1, 0.15) is 32.7 Å². The molecule has 2 atom stereocenters. The van der Waals surface area contributed by atoms with E-state index in [-0.39, 0.29) is 37.4 Å². The molecule has 4 heterocycles. The number of rotatable bonds is 6. The number of nitrogens with one attached hydrogen (secondary N) is 2. The number of aliphatic hydroxyl groups excluding tert-OH is 1. The molecule has 2 bridgehead atoms. The lowest BCUT2D eigenvalue weighted by atomic mass is 10.2. The van der Waals surface area contributed by atoms with E-state index in [0.29, 0.717) is 11.5 Å². The number of hydrogen-bond donors (Lipinski definition) is 3. The van der Waals surface area contributed by atoms with Crippen molar-refractivity contribution in [2.24, 2.45) is 0 Å². The average Bonchev–Trinajstić information content (AvgIpc) is 3.40. The Hall–Kier alpha value is -3.24. The van der Waals surface area contributed by atoms with Gasteiger partial charge in [-0.05, 0) is 51.0 Å². The van der Waals surface area contributed by atoms with Crippen molar-refractivity contribution < 1.29 is 14.6 Å². The molecule has 2 saturated heterocycles. The summed E-state index contributed by atoms with van der Waals surface area (Å²) < 4.78 is 7.96. The molecule has 2 amide bonds. The monoisotopic (exact) mass is 451 g/mol. The Morgan fingerprint density at radius 1 is 1.18 bits per heavy atom. The standard InChI is InChI=1S/C23H29N7O3/c1-14(2)30-22-19(11-25-30)21(29-12-17-7-8-18(13-29)33-17)27-20(28-22)15-3-5-16(6-4-15)26-23(32)24-9-10-31/h3-6,11,14,17-18,31H,7-10,12-13H2,1-2H3,(H2,24,26,32). The molecule has 33 heavy (non-hydrogen) atoms. The van der Waals surface area contributed by atoms with Gasteiger partial charge in [-0.15, -0.1) is 0 Å². The topological polar surface area (TPSA) is 117 Å². The van der Waals surface area contributed by atoms with Crippen LogP contribution >= 0.6 is 0 Å². The van der Waals surface area contributed by atoms with Gasteiger partial charge in [0.05, 0.1) is 30.4 Å². The van der Waals surface area contributed by atoms with Crippen LogP contribution in [0.15, 0.2) is 30.5 Å². The smallest absolute Gasteiger partial charge is 0.319 e. The summed E-state index contributed by atoms with van der Waals surface area (Å²) in [6, 6.07) is 7.23. The van der Waals surface area contributed by atoms with Crippen molar-refractivity contribution >= 4 is 28.6 Å². The van der Waals surface area contributed by atoms with E-state index in [1.54, 1.807) is 0 Å². The summed E-state index contributed by atoms with van der Waals surface area (Å²) in [4.78, 5) is 24.0. The van der Waals surface area contributed by atoms with Crippen molar-refractivity contribution in [3.63, 3.8) is 0 Å². The first-order valence-corrected chi connectivity index (χ1v) is 11.4. The maximum Gasteiger partial charge on any atom is 0.319 e. The molecule has 174 valence electrons. The van der Waals surface area contributed by atoms with Crippen molar-refractivity contribution in [3.05, 3.63) is 30.5 Å². The fourth-order valence-electron chi connectivity index (χ4n) is 4.49. The molecule has 0 saturated carbocycles. The number of ether oxygens (including phenoxy) is 1. The Balaban J connectivity index is 1.49. The van der Waals surface area contributed by atoms with Gasteiger partial charge in [0.15, 0.2) is 11.5 Å². The molecule has 2 aliphatic heterocycles. The summed E-state index contributed by atoms with van der Waals surface area (Å²) in [6.45, 7) is 5.91. The second kappa shape index (κ2) is 8.95. The van der Waals surface area contributed by atoms with Gasteiger partial charge >= 0.3 is 6.03 Å². The zero-order chi connectivity index (χ0) is 22.9. The van der Waals surface area contributed by atoms with Crippen LogP contribution in [-0.2, 0) is 4.74 Å². The molecule has 1 aromatic carbocycles. The predicted molar refractivity (Wildman–Crippen MR) is 125 cm³/mol. The van der Waals surface area contributed by atoms with E-state index < -0.39 is 0 Å². The second-order valence-electron chi connectivity index (χ2n) is 8.84. The van der Waals surface area contributed by atoms with Gasteiger partial charge in [-0.2, -0.15) is 5.10 Å². The highest BCUT2D eigenvalue weighted by molar-refractivity contribution is 5.90. The van der Waals surface area contributed by atoms with Gasteiger partial charge in [-0.1, -0.05) is 0 Å². The van der Waals surface area contributed by atoms with E-state index in [9.17, 15) is 4.79 Å². The lowest BCUT2D eigenvalue weighted by Gasteiger charge is -2.33. The van der Waals surface area contributed by atoms with E-state index in [1.165, 1.54) is 0 Å². The maximum atomic E-state index is 11.8. The van der Waals surface area contributed by atoms with Crippen LogP contribution in [0.25, 0.3) is 22.4 Å². The van der Waals surface area contributed by atoms with Gasteiger partial charge in [0.2, 0.25) is 0 Å². The number of aliphatic hydroxyl groups is 1. The molecule has 2 aliphatic rings. The highest BCUT2D eigenvalue weighted by Gasteiger charge is 2.35. The second-order valence-corrected chi connectivity index (χ2v) is 8.84. The molecule has 10 heteroatoms. The number of amides is 2. The third-order valence-corrected chi connectivity index (χ3v) is 6.06. The molecule has 0 radical (unpaired) electrons. The minimum Gasteiger partial charge on any atom is -0.395 e. The van der Waals surface area contributed by atoms with Crippen LogP contribution < -0.4 is 15.5 Å². The minimum absolute atomic E-state index is 0.105. The Morgan fingerprint density at radius 2 is 1.91 bits per heavy atom. The van der Waals surface area contributed by atoms with Crippen LogP contribution in [0.4, 0.5) is 16.3 Å². The first-order valence-electron chi connectivity index (χ1n) is 11.4. The molecule has 3 aromatic rings. The van der Waals surface area contributed by atoms with E-state index in [2.05, 4.69) is 34.5 Å². The zero-order valence-electron chi connectivity index (χ0n) is 18.9. The number of aromatic nitrogens is 4. The normalized spacial score (nSPS) is 19.9. The Morgan fingerprint density at radius 3 is 2.58 bits per heavy atom. The Kier molecular flexibility index (Phi) is 5.86. The van der Waals surface area contributed by atoms with Crippen LogP contribution in [0, 0.1) is 0 Å². The van der Waals surface area contributed by atoms with E-state index in [4.69, 9.17) is 19.8 Å². The van der Waals surface area contributed by atoms with Gasteiger partial charge < -0.3 is 25.4 Å². The number of fused-ring (bicyclic) bond motifs is 3. The molecule has 2 unspecified atom stereocenters. The van der Waals surface area contributed by atoms with Crippen molar-refractivity contribution in [1.82, 2.24) is 25.1 Å². The lowest BCUT2D eigenvalue weighted by Crippen LogP contribution is -2.43. The SMILES string of the molecule is CC(C)n1ncc2c(N3CC4CCC(C3)O4)nc(-c3ccc(NC(=O)NCCO)cc3)nc21. The Labute approximate surface area is 192 Å². The molecule has 0 spiro atoms. The van der Waals surface area contributed by atoms with Crippen LogP contribution in [-0.4, -0.2) is 69.3 Å². The zero-order valence-corrected chi connectivity index (χ0v) is 18.9. The lowest BCUT2D eigenvalue weighted by molar-refractivity contribution is 0.0303. The van der Waals surface area contributed by atoms with E-state index in [0.717, 1.165) is 48.3 Å². The summed E-state index contributed by atoms with van der Waals surface area (Å²) >= 11 is 0. The highest BCUT2D eigenvalue weighted by atomic mass is 16.5. The highest BCUT2D eigenvalue weighted by Crippen LogP contribution is 2.34. The third-order valence-electron chi connectivity index (χ3n) is 6.06. The summed E-state index contributed by atoms with van der Waals surface area (Å²) in [5.74, 6) is 1.52. The molecule has 3 N–H and O–H groups in total. The number of anilines is 2. The van der Waals surface area contributed by atoms with Gasteiger partial charge in [-0.3, -0.25) is 0 Å². The van der Waals surface area contributed by atoms with Gasteiger partial charge in [-0.25, -0.2) is 19.4 Å². The van der Waals surface area contributed by atoms with Crippen LogP contribution in [0.3, 0.4) is 0 Å². The predicted octanol–water partition coefficient (Wildman–Crippen LogP) is 2.56. The summed E-state index contributed by atoms with van der Waals surface area (Å²) in [5, 5.41) is 19.7. The first kappa shape index (κ1) is 21.6. The van der Waals surface area contributed by atoms with Crippen molar-refractivity contribution in [2.75, 3.05) is 36.5 Å². The summed E-state index contributed by atoms with van der Waals surface area (Å²) in [7, 11) is 0. The molecule has 5 rings (SSSR count). The largest absolute Gasteiger partial charge is 0.395 e. The molecular formula is C23H29N7O3. The fraction of sp³-hybridized carbons (Fsp3) is 0.478. The van der Waals surface area contributed by atoms with Crippen molar-refractivity contribution in [3.8, 4) is 11.4 Å². The average molecular weight is 452 g/mol. The number of carbonyl (C=O) groups excluding carboxylic acids is 1. The number of nitrogens with zero attached hydrogens (tertiary/aromatic N) is 5. The molecule has 10 nitrogen and oxygen atoms in total. The molecular weight excluding hydrogens is 422 g/mol. The number of morpholine rings is 1. The van der Waals surface area contributed by atoms with E-state index >= 15 is 0 Å². The van der Waals surface area contributed by atoms with Gasteiger partial charge in [0.1, 0.15) is 5.82 Å². The number of hydrogen-bond acceptors (Lipinski definition) is 7. The first-order chi connectivity index (χ1) is 16.0. The van der Waals surface area contributed by atoms with Gasteiger partial charge in [0.25, 0.3) is 0 Å². The summed E-state index contributed by atoms with van der Waals surface area (Å²) in [5.41, 5.74) is 2.31. The minimum atomic E-state index is -0.362. The summed E-state index contributed by atoms with van der Waals surface area (Å²) in [6.07, 6.45) is 4.55. The quantitative estimate of drug-likeness (QED) is 0.527. The van der Waals surface area contributed by atoms with Crippen molar-refractivity contribution in [1.29, 1.82) is 0 Å². The number of benzene rings is 1. The van der Waals surface area contributed by atoms with Crippen molar-refractivity contribution in [2.45, 2.75) is 44.9 Å². The Bertz CT molecular complexity index is 1130. The third kappa shape index (κ3) is 4.36. The molecule has 2 aromatic heterocycles. The van der Waals surface area contributed by atoms with Crippen LogP contribution in [0.2, 0.25) is 0 Å². The fourth-order valence-corrected chi connectivity index (χ4v) is 4.49. The number of urea groups is 1. The molecule has 2 fully saturated rings. The van der Waals surface area contributed by atoms with Crippen LogP contribution in [0.5, 0.6) is 0 Å². The van der Waals surface area contributed by atoms with E-state index in [1.807, 2.05) is 35.1 Å².